The maximum Gasteiger partial charge on any atom is 0.228 e. The normalized spacial score (nSPS) is 10.2. The van der Waals surface area contributed by atoms with E-state index in [-0.39, 0.29) is 18.9 Å². The second-order valence-corrected chi connectivity index (χ2v) is 5.91. The van der Waals surface area contributed by atoms with Gasteiger partial charge in [-0.25, -0.2) is 4.68 Å². The summed E-state index contributed by atoms with van der Waals surface area (Å²) in [6.45, 7) is 2.34. The first-order chi connectivity index (χ1) is 13.2. The molecule has 0 aliphatic rings. The van der Waals surface area contributed by atoms with Gasteiger partial charge in [0.15, 0.2) is 5.82 Å². The Hall–Kier alpha value is -3.59. The number of carbonyl (C=O) groups excluding carboxylic acids is 1. The molecule has 136 valence electrons. The van der Waals surface area contributed by atoms with Crippen molar-refractivity contribution in [1.29, 1.82) is 5.26 Å². The molecule has 0 spiro atoms. The molecule has 1 aromatic heterocycles. The number of benzene rings is 2. The third-order valence-corrected chi connectivity index (χ3v) is 4.08. The summed E-state index contributed by atoms with van der Waals surface area (Å²) in [6, 6.07) is 19.2. The zero-order valence-corrected chi connectivity index (χ0v) is 15.1. The van der Waals surface area contributed by atoms with Gasteiger partial charge in [0, 0.05) is 0 Å². The molecule has 0 aliphatic heterocycles. The first-order valence-electron chi connectivity index (χ1n) is 8.76. The van der Waals surface area contributed by atoms with Crippen molar-refractivity contribution >= 4 is 11.7 Å². The molecule has 3 rings (SSSR count). The minimum absolute atomic E-state index is 0.167. The third-order valence-electron chi connectivity index (χ3n) is 4.08. The lowest BCUT2D eigenvalue weighted by Gasteiger charge is -2.10. The molecule has 0 radical (unpaired) electrons. The number of anilines is 1. The van der Waals surface area contributed by atoms with Crippen LogP contribution in [0.25, 0.3) is 5.69 Å². The van der Waals surface area contributed by atoms with Crippen LogP contribution in [-0.2, 0) is 11.2 Å². The van der Waals surface area contributed by atoms with E-state index in [9.17, 15) is 10.1 Å². The van der Waals surface area contributed by atoms with Crippen LogP contribution in [0.15, 0.2) is 60.8 Å². The zero-order chi connectivity index (χ0) is 19.1. The number of hydrogen-bond acceptors (Lipinski definition) is 4. The molecule has 0 saturated heterocycles. The molecule has 6 heteroatoms. The summed E-state index contributed by atoms with van der Waals surface area (Å²) in [6.07, 6.45) is 2.58. The highest BCUT2D eigenvalue weighted by Gasteiger charge is 2.15. The predicted octanol–water partition coefficient (Wildman–Crippen LogP) is 3.71. The number of nitriles is 1. The van der Waals surface area contributed by atoms with Gasteiger partial charge in [-0.3, -0.25) is 4.79 Å². The molecule has 0 aliphatic carbocycles. The van der Waals surface area contributed by atoms with E-state index in [1.807, 2.05) is 54.6 Å². The Bertz CT molecular complexity index is 941. The van der Waals surface area contributed by atoms with Crippen LogP contribution >= 0.6 is 0 Å². The van der Waals surface area contributed by atoms with Crippen LogP contribution in [0, 0.1) is 11.3 Å². The molecule has 6 nitrogen and oxygen atoms in total. The second kappa shape index (κ2) is 8.68. The molecule has 1 heterocycles. The van der Waals surface area contributed by atoms with Gasteiger partial charge >= 0.3 is 0 Å². The van der Waals surface area contributed by atoms with E-state index in [0.717, 1.165) is 17.9 Å². The van der Waals surface area contributed by atoms with Gasteiger partial charge in [-0.05, 0) is 36.2 Å². The molecule has 27 heavy (non-hydrogen) atoms. The quantitative estimate of drug-likeness (QED) is 0.696. The van der Waals surface area contributed by atoms with Crippen LogP contribution in [0.3, 0.4) is 0 Å². The Kier molecular flexibility index (Phi) is 5.85. The van der Waals surface area contributed by atoms with Gasteiger partial charge in [-0.15, -0.1) is 0 Å². The van der Waals surface area contributed by atoms with Crippen molar-refractivity contribution in [3.05, 3.63) is 71.9 Å². The molecule has 0 bridgehead atoms. The summed E-state index contributed by atoms with van der Waals surface area (Å²) < 4.78 is 7.16. The highest BCUT2D eigenvalue weighted by atomic mass is 16.5. The predicted molar refractivity (Wildman–Crippen MR) is 103 cm³/mol. The number of carbonyl (C=O) groups is 1. The van der Waals surface area contributed by atoms with Crippen molar-refractivity contribution in [2.24, 2.45) is 0 Å². The number of nitrogens with zero attached hydrogens (tertiary/aromatic N) is 3. The second-order valence-electron chi connectivity index (χ2n) is 5.91. The molecular formula is C21H20N4O2. The number of amides is 1. The van der Waals surface area contributed by atoms with E-state index >= 15 is 0 Å². The van der Waals surface area contributed by atoms with Crippen LogP contribution in [0.2, 0.25) is 0 Å². The third kappa shape index (κ3) is 4.53. The number of hydrogen-bond donors (Lipinski definition) is 1. The maximum atomic E-state index is 12.3. The fraction of sp³-hybridized carbons (Fsp3) is 0.190. The number of aromatic nitrogens is 2. The van der Waals surface area contributed by atoms with Gasteiger partial charge in [0.05, 0.1) is 24.9 Å². The van der Waals surface area contributed by atoms with Crippen molar-refractivity contribution in [3.8, 4) is 17.5 Å². The van der Waals surface area contributed by atoms with Crippen molar-refractivity contribution in [2.75, 3.05) is 11.9 Å². The fourth-order valence-corrected chi connectivity index (χ4v) is 2.59. The van der Waals surface area contributed by atoms with Crippen molar-refractivity contribution < 1.29 is 9.53 Å². The number of para-hydroxylation sites is 1. The highest BCUT2D eigenvalue weighted by Crippen LogP contribution is 2.20. The Balaban J connectivity index is 1.62. The molecule has 1 amide bonds. The molecular weight excluding hydrogens is 340 g/mol. The number of nitrogens with one attached hydrogen (secondary N) is 1. The van der Waals surface area contributed by atoms with Crippen molar-refractivity contribution in [2.45, 2.75) is 19.8 Å². The van der Waals surface area contributed by atoms with Crippen molar-refractivity contribution in [3.63, 3.8) is 0 Å². The van der Waals surface area contributed by atoms with E-state index in [1.54, 1.807) is 4.68 Å². The smallest absolute Gasteiger partial charge is 0.228 e. The topological polar surface area (TPSA) is 79.9 Å². The van der Waals surface area contributed by atoms with Crippen LogP contribution < -0.4 is 10.1 Å². The summed E-state index contributed by atoms with van der Waals surface area (Å²) in [5.41, 5.74) is 2.31. The first-order valence-corrected chi connectivity index (χ1v) is 8.76. The van der Waals surface area contributed by atoms with E-state index in [4.69, 9.17) is 4.74 Å². The largest absolute Gasteiger partial charge is 0.493 e. The van der Waals surface area contributed by atoms with Crippen LogP contribution in [0.4, 0.5) is 5.82 Å². The molecule has 0 saturated carbocycles. The molecule has 0 unspecified atom stereocenters. The average Bonchev–Trinajstić information content (AvgIpc) is 3.11. The molecule has 0 atom stereocenters. The maximum absolute atomic E-state index is 12.3. The van der Waals surface area contributed by atoms with Gasteiger partial charge in [0.2, 0.25) is 5.91 Å². The van der Waals surface area contributed by atoms with E-state index < -0.39 is 0 Å². The standard InChI is InChI=1S/C21H20N4O2/c1-2-16-8-10-19(11-9-16)27-13-12-20(26)24-21-17(14-22)15-23-25(21)18-6-4-3-5-7-18/h3-11,15H,2,12-13H2,1H3,(H,24,26). The zero-order valence-electron chi connectivity index (χ0n) is 15.1. The van der Waals surface area contributed by atoms with Gasteiger partial charge in [-0.1, -0.05) is 37.3 Å². The summed E-state index contributed by atoms with van der Waals surface area (Å²) in [4.78, 5) is 12.3. The Labute approximate surface area is 158 Å². The number of ether oxygens (including phenoxy) is 1. The Morgan fingerprint density at radius 3 is 2.59 bits per heavy atom. The molecule has 1 N–H and O–H groups in total. The summed E-state index contributed by atoms with van der Waals surface area (Å²) >= 11 is 0. The Morgan fingerprint density at radius 1 is 1.19 bits per heavy atom. The highest BCUT2D eigenvalue weighted by molar-refractivity contribution is 5.91. The monoisotopic (exact) mass is 360 g/mol. The first kappa shape index (κ1) is 18.2. The van der Waals surface area contributed by atoms with Crippen LogP contribution in [-0.4, -0.2) is 22.3 Å². The number of rotatable bonds is 7. The minimum atomic E-state index is -0.241. The van der Waals surface area contributed by atoms with Crippen LogP contribution in [0.1, 0.15) is 24.5 Å². The molecule has 0 fully saturated rings. The Morgan fingerprint density at radius 2 is 1.93 bits per heavy atom. The lowest BCUT2D eigenvalue weighted by Crippen LogP contribution is -2.18. The SMILES string of the molecule is CCc1ccc(OCCC(=O)Nc2c(C#N)cnn2-c2ccccc2)cc1. The molecule has 2 aromatic carbocycles. The van der Waals surface area contributed by atoms with Gasteiger partial charge in [-0.2, -0.15) is 10.4 Å². The summed E-state index contributed by atoms with van der Waals surface area (Å²) in [7, 11) is 0. The fourth-order valence-electron chi connectivity index (χ4n) is 2.59. The summed E-state index contributed by atoms with van der Waals surface area (Å²) in [5.74, 6) is 0.849. The van der Waals surface area contributed by atoms with E-state index in [1.165, 1.54) is 11.8 Å². The van der Waals surface area contributed by atoms with E-state index in [0.29, 0.717) is 11.4 Å². The summed E-state index contributed by atoms with van der Waals surface area (Å²) in [5, 5.41) is 16.3. The van der Waals surface area contributed by atoms with Crippen molar-refractivity contribution in [1.82, 2.24) is 9.78 Å². The lowest BCUT2D eigenvalue weighted by atomic mass is 10.2. The van der Waals surface area contributed by atoms with E-state index in [2.05, 4.69) is 23.4 Å². The van der Waals surface area contributed by atoms with Crippen LogP contribution in [0.5, 0.6) is 5.75 Å². The minimum Gasteiger partial charge on any atom is -0.493 e. The lowest BCUT2D eigenvalue weighted by molar-refractivity contribution is -0.116. The van der Waals surface area contributed by atoms with Gasteiger partial charge < -0.3 is 10.1 Å². The molecule has 3 aromatic rings. The number of aryl methyl sites for hydroxylation is 1. The van der Waals surface area contributed by atoms with Gasteiger partial charge in [0.1, 0.15) is 17.4 Å². The van der Waals surface area contributed by atoms with Gasteiger partial charge in [0.25, 0.3) is 0 Å². The average molecular weight is 360 g/mol.